The number of phenolic OH excluding ortho intramolecular Hbond substituents is 1. The summed E-state index contributed by atoms with van der Waals surface area (Å²) in [4.78, 5) is 23.9. The molecule has 3 aromatic rings. The van der Waals surface area contributed by atoms with Gasteiger partial charge in [0.25, 0.3) is 0 Å². The number of nitrogens with one attached hydrogen (secondary N) is 1. The predicted molar refractivity (Wildman–Crippen MR) is 111 cm³/mol. The highest BCUT2D eigenvalue weighted by Crippen LogP contribution is 2.44. The number of alkyl carbamates (subject to hydrolysis) is 1. The number of carboxylic acids is 1. The Kier molecular flexibility index (Phi) is 5.58. The molecule has 0 aromatic heterocycles. The fraction of sp³-hybridized carbons (Fsp3) is 0.167. The van der Waals surface area contributed by atoms with Crippen LogP contribution in [0.5, 0.6) is 5.75 Å². The number of benzene rings is 3. The SMILES string of the molecule is O=C(NC(Cc1c(O)cccc1F)C(=O)O)OCC1c2ccccc2-c2ccccc21. The molecule has 1 atom stereocenters. The zero-order valence-electron chi connectivity index (χ0n) is 16.4. The van der Waals surface area contributed by atoms with Gasteiger partial charge in [-0.3, -0.25) is 0 Å². The Morgan fingerprint density at radius 2 is 1.58 bits per heavy atom. The summed E-state index contributed by atoms with van der Waals surface area (Å²) in [6, 6.07) is 17.9. The van der Waals surface area contributed by atoms with Crippen LogP contribution >= 0.6 is 0 Å². The van der Waals surface area contributed by atoms with Crippen LogP contribution in [0.25, 0.3) is 11.1 Å². The molecule has 0 spiro atoms. The van der Waals surface area contributed by atoms with Gasteiger partial charge in [-0.25, -0.2) is 14.0 Å². The third-order valence-corrected chi connectivity index (χ3v) is 5.44. The second-order valence-electron chi connectivity index (χ2n) is 7.30. The van der Waals surface area contributed by atoms with Crippen molar-refractivity contribution in [2.75, 3.05) is 6.61 Å². The number of hydrogen-bond acceptors (Lipinski definition) is 4. The number of ether oxygens (including phenoxy) is 1. The van der Waals surface area contributed by atoms with Crippen molar-refractivity contribution in [1.82, 2.24) is 5.32 Å². The van der Waals surface area contributed by atoms with Crippen LogP contribution in [0.4, 0.5) is 9.18 Å². The van der Waals surface area contributed by atoms with Gasteiger partial charge in [0.2, 0.25) is 0 Å². The molecule has 1 aliphatic carbocycles. The number of carboxylic acid groups (broad SMARTS) is 1. The molecule has 3 N–H and O–H groups in total. The molecule has 1 unspecified atom stereocenters. The number of fused-ring (bicyclic) bond motifs is 3. The summed E-state index contributed by atoms with van der Waals surface area (Å²) in [5.41, 5.74) is 4.02. The highest BCUT2D eigenvalue weighted by molar-refractivity contribution is 5.81. The first kappa shape index (κ1) is 20.4. The van der Waals surface area contributed by atoms with Crippen molar-refractivity contribution in [3.63, 3.8) is 0 Å². The van der Waals surface area contributed by atoms with Crippen LogP contribution < -0.4 is 5.32 Å². The number of rotatable bonds is 6. The lowest BCUT2D eigenvalue weighted by atomic mass is 9.98. The number of amides is 1. The number of aliphatic carboxylic acids is 1. The van der Waals surface area contributed by atoms with E-state index in [1.807, 2.05) is 48.5 Å². The summed E-state index contributed by atoms with van der Waals surface area (Å²) < 4.78 is 19.3. The number of hydrogen-bond donors (Lipinski definition) is 3. The topological polar surface area (TPSA) is 95.9 Å². The maximum atomic E-state index is 13.9. The number of carbonyl (C=O) groups excluding carboxylic acids is 1. The van der Waals surface area contributed by atoms with Crippen molar-refractivity contribution in [2.45, 2.75) is 18.4 Å². The second-order valence-corrected chi connectivity index (χ2v) is 7.30. The third kappa shape index (κ3) is 4.07. The largest absolute Gasteiger partial charge is 0.508 e. The highest BCUT2D eigenvalue weighted by atomic mass is 19.1. The summed E-state index contributed by atoms with van der Waals surface area (Å²) in [6.07, 6.45) is -1.34. The van der Waals surface area contributed by atoms with E-state index in [-0.39, 0.29) is 23.8 Å². The standard InChI is InChI=1S/C24H20FNO5/c25-20-10-5-11-22(27)18(20)12-21(23(28)29)26-24(30)31-13-19-16-8-3-1-6-14(16)15-7-2-4-9-17(15)19/h1-11,19,21,27H,12-13H2,(H,26,30)(H,28,29). The Labute approximate surface area is 177 Å². The van der Waals surface area contributed by atoms with Gasteiger partial charge in [-0.05, 0) is 34.4 Å². The minimum atomic E-state index is -1.46. The molecule has 6 nitrogen and oxygen atoms in total. The Morgan fingerprint density at radius 1 is 0.968 bits per heavy atom. The molecule has 31 heavy (non-hydrogen) atoms. The lowest BCUT2D eigenvalue weighted by Gasteiger charge is -2.18. The monoisotopic (exact) mass is 421 g/mol. The maximum Gasteiger partial charge on any atom is 0.407 e. The smallest absolute Gasteiger partial charge is 0.407 e. The molecule has 7 heteroatoms. The van der Waals surface area contributed by atoms with E-state index in [1.165, 1.54) is 12.1 Å². The molecule has 0 fully saturated rings. The molecule has 0 aliphatic heterocycles. The molecule has 0 heterocycles. The van der Waals surface area contributed by atoms with Crippen molar-refractivity contribution in [1.29, 1.82) is 0 Å². The zero-order valence-corrected chi connectivity index (χ0v) is 16.4. The van der Waals surface area contributed by atoms with Crippen molar-refractivity contribution in [3.05, 3.63) is 89.2 Å². The van der Waals surface area contributed by atoms with Gasteiger partial charge in [-0.2, -0.15) is 0 Å². The number of aromatic hydroxyl groups is 1. The molecular formula is C24H20FNO5. The van der Waals surface area contributed by atoms with E-state index < -0.39 is 30.3 Å². The predicted octanol–water partition coefficient (Wildman–Crippen LogP) is 4.07. The third-order valence-electron chi connectivity index (χ3n) is 5.44. The molecule has 1 aliphatic rings. The van der Waals surface area contributed by atoms with Crippen LogP contribution in [0.3, 0.4) is 0 Å². The van der Waals surface area contributed by atoms with Crippen molar-refractivity contribution >= 4 is 12.1 Å². The van der Waals surface area contributed by atoms with Gasteiger partial charge in [0, 0.05) is 17.9 Å². The van der Waals surface area contributed by atoms with Crippen LogP contribution in [0.1, 0.15) is 22.6 Å². The summed E-state index contributed by atoms with van der Waals surface area (Å²) in [7, 11) is 0. The minimum Gasteiger partial charge on any atom is -0.508 e. The molecule has 158 valence electrons. The summed E-state index contributed by atoms with van der Waals surface area (Å²) in [5, 5.41) is 21.5. The van der Waals surface area contributed by atoms with Crippen LogP contribution in [0.15, 0.2) is 66.7 Å². The number of carbonyl (C=O) groups is 2. The summed E-state index contributed by atoms with van der Waals surface area (Å²) in [6.45, 7) is 0.0249. The number of phenols is 1. The molecule has 0 bridgehead atoms. The fourth-order valence-electron chi connectivity index (χ4n) is 3.94. The zero-order chi connectivity index (χ0) is 22.0. The Balaban J connectivity index is 1.45. The summed E-state index contributed by atoms with van der Waals surface area (Å²) in [5.74, 6) is -2.66. The quantitative estimate of drug-likeness (QED) is 0.558. The first-order chi connectivity index (χ1) is 15.0. The van der Waals surface area contributed by atoms with E-state index in [9.17, 15) is 24.2 Å². The van der Waals surface area contributed by atoms with Crippen LogP contribution in [0.2, 0.25) is 0 Å². The van der Waals surface area contributed by atoms with E-state index >= 15 is 0 Å². The number of halogens is 1. The first-order valence-corrected chi connectivity index (χ1v) is 9.76. The molecule has 1 amide bonds. The van der Waals surface area contributed by atoms with E-state index in [4.69, 9.17) is 4.74 Å². The van der Waals surface area contributed by atoms with Gasteiger partial charge < -0.3 is 20.3 Å². The Morgan fingerprint density at radius 3 is 2.16 bits per heavy atom. The normalized spacial score (nSPS) is 13.2. The second kappa shape index (κ2) is 8.47. The van der Waals surface area contributed by atoms with Gasteiger partial charge in [-0.1, -0.05) is 54.6 Å². The fourth-order valence-corrected chi connectivity index (χ4v) is 3.94. The van der Waals surface area contributed by atoms with Gasteiger partial charge in [0.15, 0.2) is 0 Å². The Hall–Kier alpha value is -3.87. The van der Waals surface area contributed by atoms with Crippen LogP contribution in [0, 0.1) is 5.82 Å². The van der Waals surface area contributed by atoms with E-state index in [1.54, 1.807) is 0 Å². The maximum absolute atomic E-state index is 13.9. The van der Waals surface area contributed by atoms with Gasteiger partial charge >= 0.3 is 12.1 Å². The Bertz CT molecular complexity index is 1080. The van der Waals surface area contributed by atoms with Crippen molar-refractivity contribution in [2.24, 2.45) is 0 Å². The van der Waals surface area contributed by atoms with Crippen LogP contribution in [-0.4, -0.2) is 34.9 Å². The minimum absolute atomic E-state index is 0.0249. The highest BCUT2D eigenvalue weighted by Gasteiger charge is 2.30. The van der Waals surface area contributed by atoms with Crippen molar-refractivity contribution < 1.29 is 28.9 Å². The van der Waals surface area contributed by atoms with Crippen LogP contribution in [-0.2, 0) is 16.0 Å². The molecule has 3 aromatic carbocycles. The van der Waals surface area contributed by atoms with E-state index in [2.05, 4.69) is 5.32 Å². The van der Waals surface area contributed by atoms with Gasteiger partial charge in [-0.15, -0.1) is 0 Å². The molecule has 4 rings (SSSR count). The molecule has 0 radical (unpaired) electrons. The summed E-state index contributed by atoms with van der Waals surface area (Å²) >= 11 is 0. The van der Waals surface area contributed by atoms with Gasteiger partial charge in [0.1, 0.15) is 24.2 Å². The lowest BCUT2D eigenvalue weighted by molar-refractivity contribution is -0.139. The van der Waals surface area contributed by atoms with E-state index in [0.29, 0.717) is 0 Å². The average Bonchev–Trinajstić information content (AvgIpc) is 3.08. The van der Waals surface area contributed by atoms with E-state index in [0.717, 1.165) is 28.3 Å². The van der Waals surface area contributed by atoms with Crippen molar-refractivity contribution in [3.8, 4) is 16.9 Å². The average molecular weight is 421 g/mol. The molecule has 0 saturated carbocycles. The molecule has 0 saturated heterocycles. The molecular weight excluding hydrogens is 401 g/mol. The van der Waals surface area contributed by atoms with Gasteiger partial charge in [0.05, 0.1) is 0 Å². The lowest BCUT2D eigenvalue weighted by Crippen LogP contribution is -2.43. The first-order valence-electron chi connectivity index (χ1n) is 9.76.